The molecule has 0 aliphatic rings. The summed E-state index contributed by atoms with van der Waals surface area (Å²) in [5.41, 5.74) is 3.78. The number of carbonyl (C=O) groups excluding carboxylic acids is 1. The van der Waals surface area contributed by atoms with Gasteiger partial charge in [0.15, 0.2) is 0 Å². The first-order chi connectivity index (χ1) is 12.7. The van der Waals surface area contributed by atoms with Crippen LogP contribution in [0.4, 0.5) is 17.1 Å². The van der Waals surface area contributed by atoms with Crippen LogP contribution in [0.5, 0.6) is 5.75 Å². The zero-order chi connectivity index (χ0) is 18.2. The number of para-hydroxylation sites is 3. The first-order valence-electron chi connectivity index (χ1n) is 8.61. The highest BCUT2D eigenvalue weighted by Crippen LogP contribution is 2.25. The van der Waals surface area contributed by atoms with E-state index in [0.717, 1.165) is 22.8 Å². The topological polar surface area (TPSA) is 50.4 Å². The van der Waals surface area contributed by atoms with Crippen LogP contribution in [0, 0.1) is 6.92 Å². The van der Waals surface area contributed by atoms with E-state index in [9.17, 15) is 4.79 Å². The number of anilines is 3. The summed E-state index contributed by atoms with van der Waals surface area (Å²) in [6, 6.07) is 25.3. The number of carbonyl (C=O) groups is 1. The molecule has 0 aliphatic heterocycles. The second-order valence-electron chi connectivity index (χ2n) is 6.00. The molecule has 3 rings (SSSR count). The molecule has 0 bridgehead atoms. The predicted octanol–water partition coefficient (Wildman–Crippen LogP) is 5.15. The summed E-state index contributed by atoms with van der Waals surface area (Å²) in [4.78, 5) is 12.2. The number of nitrogens with one attached hydrogen (secondary N) is 2. The minimum atomic E-state index is -0.0842. The lowest BCUT2D eigenvalue weighted by molar-refractivity contribution is -0.116. The maximum absolute atomic E-state index is 12.2. The summed E-state index contributed by atoms with van der Waals surface area (Å²) in [6.45, 7) is 2.39. The summed E-state index contributed by atoms with van der Waals surface area (Å²) in [7, 11) is 0. The predicted molar refractivity (Wildman–Crippen MR) is 106 cm³/mol. The smallest absolute Gasteiger partial charge is 0.227 e. The van der Waals surface area contributed by atoms with Crippen LogP contribution >= 0.6 is 0 Å². The van der Waals surface area contributed by atoms with Crippen LogP contribution in [0.2, 0.25) is 0 Å². The summed E-state index contributed by atoms with van der Waals surface area (Å²) in [5.74, 6) is 0.681. The molecular formula is C22H22N2O2. The van der Waals surface area contributed by atoms with Crippen LogP contribution in [-0.2, 0) is 4.79 Å². The number of hydrogen-bond donors (Lipinski definition) is 2. The molecule has 0 saturated heterocycles. The summed E-state index contributed by atoms with van der Waals surface area (Å²) >= 11 is 0. The molecule has 3 aromatic carbocycles. The first kappa shape index (κ1) is 17.5. The van der Waals surface area contributed by atoms with E-state index in [1.54, 1.807) is 0 Å². The molecule has 0 spiro atoms. The number of rotatable bonds is 7. The van der Waals surface area contributed by atoms with E-state index >= 15 is 0 Å². The Labute approximate surface area is 153 Å². The van der Waals surface area contributed by atoms with E-state index in [2.05, 4.69) is 17.6 Å². The van der Waals surface area contributed by atoms with Crippen LogP contribution in [0.3, 0.4) is 0 Å². The van der Waals surface area contributed by atoms with Gasteiger partial charge in [-0.2, -0.15) is 0 Å². The molecule has 3 aromatic rings. The fourth-order valence-corrected chi connectivity index (χ4v) is 2.48. The van der Waals surface area contributed by atoms with Gasteiger partial charge in [-0.1, -0.05) is 48.0 Å². The number of amides is 1. The van der Waals surface area contributed by atoms with Crippen molar-refractivity contribution in [2.24, 2.45) is 0 Å². The summed E-state index contributed by atoms with van der Waals surface area (Å²) < 4.78 is 5.57. The van der Waals surface area contributed by atoms with Crippen molar-refractivity contribution in [1.29, 1.82) is 0 Å². The van der Waals surface area contributed by atoms with Crippen molar-refractivity contribution in [3.8, 4) is 5.75 Å². The van der Waals surface area contributed by atoms with Gasteiger partial charge in [0.2, 0.25) is 5.91 Å². The molecule has 4 heteroatoms. The lowest BCUT2D eigenvalue weighted by Gasteiger charge is -2.13. The van der Waals surface area contributed by atoms with Gasteiger partial charge in [0, 0.05) is 5.69 Å². The minimum absolute atomic E-state index is 0.0842. The third kappa shape index (κ3) is 5.11. The largest absolute Gasteiger partial charge is 0.493 e. The SMILES string of the molecule is Cc1ccc(Nc2ccccc2NC(=O)CCOc2ccccc2)cc1. The minimum Gasteiger partial charge on any atom is -0.493 e. The van der Waals surface area contributed by atoms with Gasteiger partial charge >= 0.3 is 0 Å². The molecule has 4 nitrogen and oxygen atoms in total. The van der Waals surface area contributed by atoms with Crippen LogP contribution in [0.25, 0.3) is 0 Å². The second kappa shape index (κ2) is 8.72. The van der Waals surface area contributed by atoms with Gasteiger partial charge in [0.1, 0.15) is 5.75 Å². The molecule has 0 heterocycles. The molecule has 0 fully saturated rings. The molecule has 0 aromatic heterocycles. The molecule has 0 aliphatic carbocycles. The molecule has 0 atom stereocenters. The number of hydrogen-bond acceptors (Lipinski definition) is 3. The lowest BCUT2D eigenvalue weighted by atomic mass is 10.2. The molecule has 2 N–H and O–H groups in total. The average Bonchev–Trinajstić information content (AvgIpc) is 2.66. The van der Waals surface area contributed by atoms with E-state index < -0.39 is 0 Å². The van der Waals surface area contributed by atoms with E-state index in [4.69, 9.17) is 4.74 Å². The monoisotopic (exact) mass is 346 g/mol. The van der Waals surface area contributed by atoms with Gasteiger partial charge in [-0.3, -0.25) is 4.79 Å². The zero-order valence-corrected chi connectivity index (χ0v) is 14.7. The Balaban J connectivity index is 1.57. The average molecular weight is 346 g/mol. The van der Waals surface area contributed by atoms with Gasteiger partial charge in [-0.15, -0.1) is 0 Å². The molecule has 0 unspecified atom stereocenters. The lowest BCUT2D eigenvalue weighted by Crippen LogP contribution is -2.16. The van der Waals surface area contributed by atoms with Crippen molar-refractivity contribution >= 4 is 23.0 Å². The third-order valence-electron chi connectivity index (χ3n) is 3.87. The highest BCUT2D eigenvalue weighted by Gasteiger charge is 2.07. The van der Waals surface area contributed by atoms with E-state index in [0.29, 0.717) is 6.61 Å². The van der Waals surface area contributed by atoms with Crippen LogP contribution in [-0.4, -0.2) is 12.5 Å². The highest BCUT2D eigenvalue weighted by molar-refractivity contribution is 5.94. The summed E-state index contributed by atoms with van der Waals surface area (Å²) in [5, 5.41) is 6.29. The van der Waals surface area contributed by atoms with E-state index in [-0.39, 0.29) is 12.3 Å². The maximum Gasteiger partial charge on any atom is 0.227 e. The Morgan fingerprint density at radius 1 is 0.846 bits per heavy atom. The highest BCUT2D eigenvalue weighted by atomic mass is 16.5. The van der Waals surface area contributed by atoms with Gasteiger partial charge in [0.05, 0.1) is 24.4 Å². The second-order valence-corrected chi connectivity index (χ2v) is 6.00. The van der Waals surface area contributed by atoms with E-state index in [1.807, 2.05) is 78.9 Å². The van der Waals surface area contributed by atoms with Gasteiger partial charge in [-0.05, 0) is 43.3 Å². The quantitative estimate of drug-likeness (QED) is 0.622. The Kier molecular flexibility index (Phi) is 5.88. The Morgan fingerprint density at radius 3 is 2.23 bits per heavy atom. The number of benzene rings is 3. The normalized spacial score (nSPS) is 10.2. The van der Waals surface area contributed by atoms with E-state index in [1.165, 1.54) is 5.56 Å². The van der Waals surface area contributed by atoms with Crippen molar-refractivity contribution in [2.75, 3.05) is 17.2 Å². The third-order valence-corrected chi connectivity index (χ3v) is 3.87. The molecular weight excluding hydrogens is 324 g/mol. The van der Waals surface area contributed by atoms with Crippen molar-refractivity contribution in [3.05, 3.63) is 84.4 Å². The Morgan fingerprint density at radius 2 is 1.50 bits per heavy atom. The van der Waals surface area contributed by atoms with Gasteiger partial charge in [-0.25, -0.2) is 0 Å². The van der Waals surface area contributed by atoms with Crippen molar-refractivity contribution in [3.63, 3.8) is 0 Å². The van der Waals surface area contributed by atoms with Gasteiger partial charge in [0.25, 0.3) is 0 Å². The molecule has 132 valence electrons. The first-order valence-corrected chi connectivity index (χ1v) is 8.61. The van der Waals surface area contributed by atoms with Crippen LogP contribution in [0.1, 0.15) is 12.0 Å². The Hall–Kier alpha value is -3.27. The fourth-order valence-electron chi connectivity index (χ4n) is 2.48. The molecule has 1 amide bonds. The standard InChI is InChI=1S/C22H22N2O2/c1-17-11-13-18(14-12-17)23-20-9-5-6-10-21(20)24-22(25)15-16-26-19-7-3-2-4-8-19/h2-14,23H,15-16H2,1H3,(H,24,25). The molecule has 26 heavy (non-hydrogen) atoms. The van der Waals surface area contributed by atoms with Crippen molar-refractivity contribution in [1.82, 2.24) is 0 Å². The van der Waals surface area contributed by atoms with Crippen LogP contribution in [0.15, 0.2) is 78.9 Å². The summed E-state index contributed by atoms with van der Waals surface area (Å²) in [6.07, 6.45) is 0.285. The fraction of sp³-hybridized carbons (Fsp3) is 0.136. The molecule has 0 saturated carbocycles. The number of aryl methyl sites for hydroxylation is 1. The van der Waals surface area contributed by atoms with Crippen LogP contribution < -0.4 is 15.4 Å². The van der Waals surface area contributed by atoms with Crippen molar-refractivity contribution < 1.29 is 9.53 Å². The molecule has 0 radical (unpaired) electrons. The van der Waals surface area contributed by atoms with Gasteiger partial charge < -0.3 is 15.4 Å². The van der Waals surface area contributed by atoms with Crippen molar-refractivity contribution in [2.45, 2.75) is 13.3 Å². The Bertz CT molecular complexity index is 846. The zero-order valence-electron chi connectivity index (χ0n) is 14.7. The number of ether oxygens (including phenoxy) is 1. The maximum atomic E-state index is 12.2.